The second-order valence-corrected chi connectivity index (χ2v) is 6.47. The zero-order valence-corrected chi connectivity index (χ0v) is 14.3. The van der Waals surface area contributed by atoms with Crippen LogP contribution >= 0.6 is 11.8 Å². The van der Waals surface area contributed by atoms with E-state index in [1.807, 2.05) is 18.2 Å². The van der Waals surface area contributed by atoms with Crippen molar-refractivity contribution in [2.75, 3.05) is 26.5 Å². The predicted molar refractivity (Wildman–Crippen MR) is 92.2 cm³/mol. The van der Waals surface area contributed by atoms with E-state index < -0.39 is 5.82 Å². The summed E-state index contributed by atoms with van der Waals surface area (Å²) in [7, 11) is 3.15. The third-order valence-electron chi connectivity index (χ3n) is 3.96. The van der Waals surface area contributed by atoms with Crippen molar-refractivity contribution in [1.29, 1.82) is 0 Å². The van der Waals surface area contributed by atoms with Crippen molar-refractivity contribution in [3.05, 3.63) is 59.4 Å². The summed E-state index contributed by atoms with van der Waals surface area (Å²) in [6, 6.07) is 11.6. The molecule has 0 radical (unpaired) electrons. The molecule has 0 unspecified atom stereocenters. The number of para-hydroxylation sites is 1. The lowest BCUT2D eigenvalue weighted by Crippen LogP contribution is -2.31. The van der Waals surface area contributed by atoms with Crippen molar-refractivity contribution in [3.8, 4) is 11.5 Å². The molecule has 1 fully saturated rings. The van der Waals surface area contributed by atoms with Crippen LogP contribution in [0.3, 0.4) is 0 Å². The molecule has 1 aliphatic heterocycles. The normalized spacial score (nSPS) is 17.0. The molecule has 0 spiro atoms. The Morgan fingerprint density at radius 2 is 1.96 bits per heavy atom. The predicted octanol–water partition coefficient (Wildman–Crippen LogP) is 3.73. The van der Waals surface area contributed by atoms with Crippen LogP contribution in [0.1, 0.15) is 21.3 Å². The van der Waals surface area contributed by atoms with Crippen LogP contribution in [0, 0.1) is 5.82 Å². The number of carbonyl (C=O) groups excluding carboxylic acids is 1. The zero-order valence-electron chi connectivity index (χ0n) is 13.5. The fourth-order valence-corrected chi connectivity index (χ4v) is 4.10. The molecule has 0 N–H and O–H groups in total. The fourth-order valence-electron chi connectivity index (χ4n) is 2.83. The van der Waals surface area contributed by atoms with E-state index in [1.54, 1.807) is 43.0 Å². The lowest BCUT2D eigenvalue weighted by Gasteiger charge is -2.26. The molecular weight excluding hydrogens is 329 g/mol. The Balaban J connectivity index is 1.97. The van der Waals surface area contributed by atoms with E-state index >= 15 is 0 Å². The average molecular weight is 347 g/mol. The molecule has 126 valence electrons. The van der Waals surface area contributed by atoms with Crippen molar-refractivity contribution in [2.45, 2.75) is 5.37 Å². The first-order chi connectivity index (χ1) is 11.7. The molecule has 0 aromatic heterocycles. The van der Waals surface area contributed by atoms with Crippen LogP contribution in [-0.4, -0.2) is 37.3 Å². The molecule has 1 saturated heterocycles. The number of benzene rings is 2. The topological polar surface area (TPSA) is 38.8 Å². The molecule has 0 bridgehead atoms. The molecule has 24 heavy (non-hydrogen) atoms. The first-order valence-corrected chi connectivity index (χ1v) is 8.60. The standard InChI is InChI=1S/C18H18FNO3S/c1-22-15-9-5-7-13(16(15)23-2)18-20(10-11-24-18)17(21)12-6-3-4-8-14(12)19/h3-9,18H,10-11H2,1-2H3/t18-/m0/s1. The monoisotopic (exact) mass is 347 g/mol. The molecule has 1 amide bonds. The molecule has 2 aromatic carbocycles. The maximum absolute atomic E-state index is 14.0. The van der Waals surface area contributed by atoms with Crippen LogP contribution in [0.5, 0.6) is 11.5 Å². The van der Waals surface area contributed by atoms with Crippen LogP contribution in [-0.2, 0) is 0 Å². The summed E-state index contributed by atoms with van der Waals surface area (Å²) in [4.78, 5) is 14.5. The number of nitrogens with zero attached hydrogens (tertiary/aromatic N) is 1. The first-order valence-electron chi connectivity index (χ1n) is 7.55. The molecule has 1 aliphatic rings. The third-order valence-corrected chi connectivity index (χ3v) is 5.20. The smallest absolute Gasteiger partial charge is 0.258 e. The number of thioether (sulfide) groups is 1. The van der Waals surface area contributed by atoms with Gasteiger partial charge in [0, 0.05) is 17.9 Å². The van der Waals surface area contributed by atoms with Crippen molar-refractivity contribution in [2.24, 2.45) is 0 Å². The van der Waals surface area contributed by atoms with Crippen molar-refractivity contribution >= 4 is 17.7 Å². The second kappa shape index (κ2) is 7.13. The van der Waals surface area contributed by atoms with Crippen molar-refractivity contribution < 1.29 is 18.7 Å². The van der Waals surface area contributed by atoms with Gasteiger partial charge < -0.3 is 14.4 Å². The van der Waals surface area contributed by atoms with E-state index in [0.29, 0.717) is 18.0 Å². The Hall–Kier alpha value is -2.21. The van der Waals surface area contributed by atoms with E-state index in [4.69, 9.17) is 9.47 Å². The SMILES string of the molecule is COc1cccc([C@@H]2SCCN2C(=O)c2ccccc2F)c1OC. The van der Waals surface area contributed by atoms with Crippen molar-refractivity contribution in [3.63, 3.8) is 0 Å². The van der Waals surface area contributed by atoms with Gasteiger partial charge in [-0.25, -0.2) is 4.39 Å². The molecule has 0 aliphatic carbocycles. The van der Waals surface area contributed by atoms with Gasteiger partial charge >= 0.3 is 0 Å². The number of ether oxygens (including phenoxy) is 2. The summed E-state index contributed by atoms with van der Waals surface area (Å²) in [6.07, 6.45) is 0. The van der Waals surface area contributed by atoms with Gasteiger partial charge in [-0.3, -0.25) is 4.79 Å². The fraction of sp³-hybridized carbons (Fsp3) is 0.278. The Labute approximate surface area is 144 Å². The lowest BCUT2D eigenvalue weighted by atomic mass is 10.1. The van der Waals surface area contributed by atoms with E-state index in [-0.39, 0.29) is 16.8 Å². The number of methoxy groups -OCH3 is 2. The van der Waals surface area contributed by atoms with Crippen molar-refractivity contribution in [1.82, 2.24) is 4.90 Å². The minimum atomic E-state index is -0.504. The van der Waals surface area contributed by atoms with Gasteiger partial charge in [0.25, 0.3) is 5.91 Å². The van der Waals surface area contributed by atoms with Gasteiger partial charge in [-0.2, -0.15) is 0 Å². The van der Waals surface area contributed by atoms with Gasteiger partial charge in [-0.05, 0) is 18.2 Å². The van der Waals surface area contributed by atoms with Crippen LogP contribution < -0.4 is 9.47 Å². The van der Waals surface area contributed by atoms with Crippen LogP contribution in [0.25, 0.3) is 0 Å². The Morgan fingerprint density at radius 1 is 1.17 bits per heavy atom. The molecule has 2 aromatic rings. The van der Waals surface area contributed by atoms with Crippen LogP contribution in [0.2, 0.25) is 0 Å². The Bertz CT molecular complexity index is 753. The summed E-state index contributed by atoms with van der Waals surface area (Å²) in [6.45, 7) is 0.558. The molecular formula is C18H18FNO3S. The molecule has 6 heteroatoms. The molecule has 0 saturated carbocycles. The maximum atomic E-state index is 14.0. The number of carbonyl (C=O) groups is 1. The summed E-state index contributed by atoms with van der Waals surface area (Å²) >= 11 is 1.63. The van der Waals surface area contributed by atoms with Crippen LogP contribution in [0.4, 0.5) is 4.39 Å². The minimum Gasteiger partial charge on any atom is -0.493 e. The van der Waals surface area contributed by atoms with Gasteiger partial charge in [-0.15, -0.1) is 11.8 Å². The first kappa shape index (κ1) is 16.6. The summed E-state index contributed by atoms with van der Waals surface area (Å²) in [5.41, 5.74) is 0.941. The summed E-state index contributed by atoms with van der Waals surface area (Å²) in [5.74, 6) is 1.18. The quantitative estimate of drug-likeness (QED) is 0.845. The molecule has 3 rings (SSSR count). The van der Waals surface area contributed by atoms with E-state index in [0.717, 1.165) is 11.3 Å². The number of halogens is 1. The van der Waals surface area contributed by atoms with E-state index in [2.05, 4.69) is 0 Å². The Morgan fingerprint density at radius 3 is 2.67 bits per heavy atom. The van der Waals surface area contributed by atoms with Gasteiger partial charge in [0.15, 0.2) is 11.5 Å². The number of rotatable bonds is 4. The van der Waals surface area contributed by atoms with E-state index in [1.165, 1.54) is 12.1 Å². The summed E-state index contributed by atoms with van der Waals surface area (Å²) < 4.78 is 24.8. The van der Waals surface area contributed by atoms with Gasteiger partial charge in [0.05, 0.1) is 19.8 Å². The third kappa shape index (κ3) is 2.94. The maximum Gasteiger partial charge on any atom is 0.258 e. The molecule has 1 atom stereocenters. The minimum absolute atomic E-state index is 0.0897. The Kier molecular flexibility index (Phi) is 4.94. The lowest BCUT2D eigenvalue weighted by molar-refractivity contribution is 0.0754. The highest BCUT2D eigenvalue weighted by Gasteiger charge is 2.34. The van der Waals surface area contributed by atoms with Crippen LogP contribution in [0.15, 0.2) is 42.5 Å². The number of hydrogen-bond donors (Lipinski definition) is 0. The van der Waals surface area contributed by atoms with Gasteiger partial charge in [-0.1, -0.05) is 24.3 Å². The molecule has 4 nitrogen and oxygen atoms in total. The highest BCUT2D eigenvalue weighted by atomic mass is 32.2. The highest BCUT2D eigenvalue weighted by molar-refractivity contribution is 7.99. The van der Waals surface area contributed by atoms with E-state index in [9.17, 15) is 9.18 Å². The van der Waals surface area contributed by atoms with Gasteiger partial charge in [0.1, 0.15) is 11.2 Å². The largest absolute Gasteiger partial charge is 0.493 e. The summed E-state index contributed by atoms with van der Waals surface area (Å²) in [5, 5.41) is -0.234. The zero-order chi connectivity index (χ0) is 17.1. The number of hydrogen-bond acceptors (Lipinski definition) is 4. The van der Waals surface area contributed by atoms with Gasteiger partial charge in [0.2, 0.25) is 0 Å². The second-order valence-electron chi connectivity index (χ2n) is 5.28. The molecule has 1 heterocycles. The number of amides is 1. The average Bonchev–Trinajstić information content (AvgIpc) is 3.10. The highest BCUT2D eigenvalue weighted by Crippen LogP contribution is 2.45.